The van der Waals surface area contributed by atoms with Crippen LogP contribution in [0, 0.1) is 16.0 Å². The van der Waals surface area contributed by atoms with Crippen LogP contribution in [0.2, 0.25) is 0 Å². The summed E-state index contributed by atoms with van der Waals surface area (Å²) >= 11 is 0. The topological polar surface area (TPSA) is 72.2 Å². The first-order valence-electron chi connectivity index (χ1n) is 6.62. The van der Waals surface area contributed by atoms with Crippen molar-refractivity contribution in [1.29, 1.82) is 0 Å². The van der Waals surface area contributed by atoms with E-state index in [4.69, 9.17) is 0 Å². The van der Waals surface area contributed by atoms with Crippen LogP contribution in [0.4, 0.5) is 11.4 Å². The Morgan fingerprint density at radius 2 is 2.11 bits per heavy atom. The molecule has 0 saturated heterocycles. The van der Waals surface area contributed by atoms with Crippen LogP contribution in [-0.2, 0) is 0 Å². The number of hydrogen-bond donors (Lipinski definition) is 1. The van der Waals surface area contributed by atoms with E-state index in [0.717, 1.165) is 19.3 Å². The molecule has 0 aromatic heterocycles. The molecule has 0 unspecified atom stereocenters. The highest BCUT2D eigenvalue weighted by atomic mass is 16.6. The zero-order valence-corrected chi connectivity index (χ0v) is 11.0. The van der Waals surface area contributed by atoms with Crippen molar-refractivity contribution in [3.05, 3.63) is 33.9 Å². The third-order valence-electron chi connectivity index (χ3n) is 3.81. The normalized spacial score (nSPS) is 22.8. The van der Waals surface area contributed by atoms with Crippen LogP contribution in [-0.4, -0.2) is 17.3 Å². The fourth-order valence-electron chi connectivity index (χ4n) is 2.63. The molecule has 1 aliphatic rings. The molecule has 19 heavy (non-hydrogen) atoms. The third-order valence-corrected chi connectivity index (χ3v) is 3.81. The van der Waals surface area contributed by atoms with E-state index in [9.17, 15) is 14.9 Å². The molecular formula is C14H18N2O3. The van der Waals surface area contributed by atoms with Crippen LogP contribution in [0.15, 0.2) is 18.2 Å². The fraction of sp³-hybridized carbons (Fsp3) is 0.500. The molecule has 0 amide bonds. The Bertz CT molecular complexity index is 488. The van der Waals surface area contributed by atoms with Crippen LogP contribution in [0.5, 0.6) is 0 Å². The minimum atomic E-state index is -0.442. The van der Waals surface area contributed by atoms with Gasteiger partial charge in [0.1, 0.15) is 12.0 Å². The second kappa shape index (κ2) is 5.82. The number of rotatable bonds is 4. The lowest BCUT2D eigenvalue weighted by molar-refractivity contribution is -0.384. The summed E-state index contributed by atoms with van der Waals surface area (Å²) in [7, 11) is 0. The first kappa shape index (κ1) is 13.5. The van der Waals surface area contributed by atoms with Crippen molar-refractivity contribution in [2.24, 2.45) is 5.92 Å². The maximum atomic E-state index is 11.1. The summed E-state index contributed by atoms with van der Waals surface area (Å²) in [6.07, 6.45) is 5.19. The van der Waals surface area contributed by atoms with Crippen molar-refractivity contribution in [2.75, 3.05) is 5.32 Å². The Morgan fingerprint density at radius 3 is 2.74 bits per heavy atom. The van der Waals surface area contributed by atoms with E-state index in [-0.39, 0.29) is 11.7 Å². The second-order valence-electron chi connectivity index (χ2n) is 5.16. The van der Waals surface area contributed by atoms with Crippen LogP contribution in [0.3, 0.4) is 0 Å². The van der Waals surface area contributed by atoms with Gasteiger partial charge in [-0.1, -0.05) is 19.8 Å². The van der Waals surface area contributed by atoms with Gasteiger partial charge in [0, 0.05) is 17.7 Å². The Morgan fingerprint density at radius 1 is 1.37 bits per heavy atom. The van der Waals surface area contributed by atoms with Gasteiger partial charge in [-0.3, -0.25) is 14.9 Å². The Hall–Kier alpha value is -1.91. The molecular weight excluding hydrogens is 244 g/mol. The van der Waals surface area contributed by atoms with Gasteiger partial charge < -0.3 is 5.32 Å². The number of anilines is 1. The number of nitro groups is 1. The maximum absolute atomic E-state index is 11.1. The van der Waals surface area contributed by atoms with Gasteiger partial charge in [0.05, 0.1) is 4.92 Å². The zero-order valence-electron chi connectivity index (χ0n) is 11.0. The summed E-state index contributed by atoms with van der Waals surface area (Å²) < 4.78 is 0. The van der Waals surface area contributed by atoms with Crippen LogP contribution < -0.4 is 5.32 Å². The van der Waals surface area contributed by atoms with Crippen molar-refractivity contribution in [3.63, 3.8) is 0 Å². The molecule has 0 spiro atoms. The standard InChI is InChI=1S/C14H18N2O3/c1-10-4-2-3-5-12(10)15-13-7-6-11(9-17)8-14(13)16(18)19/h6-10,12,15H,2-5H2,1H3/t10-,12-/m1/s1. The van der Waals surface area contributed by atoms with Gasteiger partial charge in [-0.15, -0.1) is 0 Å². The largest absolute Gasteiger partial charge is 0.376 e. The van der Waals surface area contributed by atoms with Gasteiger partial charge in [-0.25, -0.2) is 0 Å². The minimum Gasteiger partial charge on any atom is -0.376 e. The van der Waals surface area contributed by atoms with Crippen molar-refractivity contribution >= 4 is 17.7 Å². The molecule has 2 atom stereocenters. The summed E-state index contributed by atoms with van der Waals surface area (Å²) in [6.45, 7) is 2.17. The van der Waals surface area contributed by atoms with Crippen molar-refractivity contribution in [1.82, 2.24) is 0 Å². The molecule has 1 aromatic carbocycles. The van der Waals surface area contributed by atoms with Crippen molar-refractivity contribution in [2.45, 2.75) is 38.6 Å². The highest BCUT2D eigenvalue weighted by Crippen LogP contribution is 2.31. The Balaban J connectivity index is 2.23. The molecule has 0 radical (unpaired) electrons. The van der Waals surface area contributed by atoms with Crippen LogP contribution in [0.1, 0.15) is 43.0 Å². The monoisotopic (exact) mass is 262 g/mol. The molecule has 102 valence electrons. The van der Waals surface area contributed by atoms with E-state index in [0.29, 0.717) is 23.5 Å². The molecule has 0 aliphatic heterocycles. The predicted molar refractivity (Wildman–Crippen MR) is 73.5 cm³/mol. The number of nitro benzene ring substituents is 1. The van der Waals surface area contributed by atoms with E-state index in [1.54, 1.807) is 12.1 Å². The van der Waals surface area contributed by atoms with E-state index in [1.165, 1.54) is 12.5 Å². The number of benzene rings is 1. The summed E-state index contributed by atoms with van der Waals surface area (Å²) in [5, 5.41) is 14.3. The Kier molecular flexibility index (Phi) is 4.14. The Labute approximate surface area is 112 Å². The molecule has 0 bridgehead atoms. The summed E-state index contributed by atoms with van der Waals surface area (Å²) in [4.78, 5) is 21.3. The van der Waals surface area contributed by atoms with Crippen molar-refractivity contribution < 1.29 is 9.72 Å². The molecule has 0 heterocycles. The first-order valence-corrected chi connectivity index (χ1v) is 6.62. The molecule has 1 aromatic rings. The average Bonchev–Trinajstić information content (AvgIpc) is 2.41. The van der Waals surface area contributed by atoms with Gasteiger partial charge in [0.25, 0.3) is 5.69 Å². The van der Waals surface area contributed by atoms with Gasteiger partial charge >= 0.3 is 0 Å². The lowest BCUT2D eigenvalue weighted by Crippen LogP contribution is -2.30. The minimum absolute atomic E-state index is 0.0256. The number of aldehydes is 1. The quantitative estimate of drug-likeness (QED) is 0.513. The highest BCUT2D eigenvalue weighted by molar-refractivity contribution is 5.79. The summed E-state index contributed by atoms with van der Waals surface area (Å²) in [6, 6.07) is 4.83. The number of nitrogens with one attached hydrogen (secondary N) is 1. The average molecular weight is 262 g/mol. The van der Waals surface area contributed by atoms with Crippen LogP contribution in [0.25, 0.3) is 0 Å². The van der Waals surface area contributed by atoms with Crippen LogP contribution >= 0.6 is 0 Å². The van der Waals surface area contributed by atoms with E-state index < -0.39 is 4.92 Å². The lowest BCUT2D eigenvalue weighted by atomic mass is 9.86. The molecule has 5 nitrogen and oxygen atoms in total. The third kappa shape index (κ3) is 3.10. The number of nitrogens with zero attached hydrogens (tertiary/aromatic N) is 1. The SMILES string of the molecule is C[C@@H]1CCCC[C@H]1Nc1ccc(C=O)cc1[N+](=O)[O-]. The highest BCUT2D eigenvalue weighted by Gasteiger charge is 2.24. The van der Waals surface area contributed by atoms with E-state index >= 15 is 0 Å². The molecule has 1 N–H and O–H groups in total. The first-order chi connectivity index (χ1) is 9.11. The zero-order chi connectivity index (χ0) is 13.8. The second-order valence-corrected chi connectivity index (χ2v) is 5.16. The number of hydrogen-bond acceptors (Lipinski definition) is 4. The fourth-order valence-corrected chi connectivity index (χ4v) is 2.63. The van der Waals surface area contributed by atoms with Gasteiger partial charge in [0.15, 0.2) is 0 Å². The van der Waals surface area contributed by atoms with Gasteiger partial charge in [0.2, 0.25) is 0 Å². The van der Waals surface area contributed by atoms with E-state index in [2.05, 4.69) is 12.2 Å². The number of carbonyl (C=O) groups is 1. The van der Waals surface area contributed by atoms with Gasteiger partial charge in [-0.2, -0.15) is 0 Å². The predicted octanol–water partition coefficient (Wildman–Crippen LogP) is 3.40. The van der Waals surface area contributed by atoms with E-state index in [1.807, 2.05) is 0 Å². The molecule has 1 fully saturated rings. The molecule has 1 aliphatic carbocycles. The smallest absolute Gasteiger partial charge is 0.293 e. The molecule has 5 heteroatoms. The molecule has 1 saturated carbocycles. The number of carbonyl (C=O) groups excluding carboxylic acids is 1. The maximum Gasteiger partial charge on any atom is 0.293 e. The summed E-state index contributed by atoms with van der Waals surface area (Å²) in [5.74, 6) is 0.513. The summed E-state index contributed by atoms with van der Waals surface area (Å²) in [5.41, 5.74) is 0.811. The van der Waals surface area contributed by atoms with Crippen molar-refractivity contribution in [3.8, 4) is 0 Å². The van der Waals surface area contributed by atoms with Gasteiger partial charge in [-0.05, 0) is 30.9 Å². The lowest BCUT2D eigenvalue weighted by Gasteiger charge is -2.30. The molecule has 2 rings (SSSR count).